The molecular formula is C36H27NO2. The van der Waals surface area contributed by atoms with Crippen LogP contribution in [0.2, 0.25) is 0 Å². The summed E-state index contributed by atoms with van der Waals surface area (Å²) in [6.45, 7) is 3.47. The van der Waals surface area contributed by atoms with Gasteiger partial charge in [0.05, 0.1) is 29.4 Å². The van der Waals surface area contributed by atoms with Crippen molar-refractivity contribution in [2.75, 3.05) is 7.11 Å². The van der Waals surface area contributed by atoms with Crippen LogP contribution in [-0.4, -0.2) is 17.5 Å². The fraction of sp³-hybridized carbons (Fsp3) is 0.0833. The predicted molar refractivity (Wildman–Crippen MR) is 164 cm³/mol. The van der Waals surface area contributed by atoms with Gasteiger partial charge in [-0.3, -0.25) is 4.79 Å². The van der Waals surface area contributed by atoms with Crippen LogP contribution in [0.1, 0.15) is 19.4 Å². The molecule has 0 aliphatic rings. The van der Waals surface area contributed by atoms with Crippen LogP contribution in [-0.2, 0) is 9.53 Å². The number of ketones is 1. The predicted octanol–water partition coefficient (Wildman–Crippen LogP) is 9.21. The Morgan fingerprint density at radius 1 is 0.564 bits per heavy atom. The summed E-state index contributed by atoms with van der Waals surface area (Å²) in [6.07, 6.45) is 0. The van der Waals surface area contributed by atoms with Crippen molar-refractivity contribution >= 4 is 65.5 Å². The average Bonchev–Trinajstić information content (AvgIpc) is 3.31. The summed E-state index contributed by atoms with van der Waals surface area (Å²) in [6, 6.07) is 38.7. The molecule has 3 nitrogen and oxygen atoms in total. The maximum atomic E-state index is 12.9. The van der Waals surface area contributed by atoms with Crippen LogP contribution in [0.3, 0.4) is 0 Å². The van der Waals surface area contributed by atoms with E-state index in [1.54, 1.807) is 14.0 Å². The number of Topliss-reactive ketones (excluding diaryl/α,β-unsaturated/α-hetero) is 1. The average molecular weight is 506 g/mol. The molecule has 0 saturated heterocycles. The van der Waals surface area contributed by atoms with E-state index in [9.17, 15) is 4.79 Å². The van der Waals surface area contributed by atoms with Crippen LogP contribution >= 0.6 is 0 Å². The number of fused-ring (bicyclic) bond motifs is 8. The van der Waals surface area contributed by atoms with Crippen LogP contribution in [0, 0.1) is 0 Å². The van der Waals surface area contributed by atoms with Crippen LogP contribution < -0.4 is 0 Å². The number of nitrogens with zero attached hydrogens (tertiary/aromatic N) is 1. The quantitative estimate of drug-likeness (QED) is 0.136. The molecule has 0 aliphatic carbocycles. The highest BCUT2D eigenvalue weighted by atomic mass is 16.5. The van der Waals surface area contributed by atoms with E-state index in [-0.39, 0.29) is 5.78 Å². The summed E-state index contributed by atoms with van der Waals surface area (Å²) in [5.41, 5.74) is 5.03. The topological polar surface area (TPSA) is 31.2 Å². The molecule has 0 atom stereocenters. The van der Waals surface area contributed by atoms with E-state index < -0.39 is 0 Å². The first-order valence-corrected chi connectivity index (χ1v) is 13.2. The molecule has 1 heterocycles. The third kappa shape index (κ3) is 3.40. The Morgan fingerprint density at radius 3 is 1.59 bits per heavy atom. The van der Waals surface area contributed by atoms with E-state index >= 15 is 0 Å². The Bertz CT molecular complexity index is 2090. The molecule has 0 spiro atoms. The zero-order chi connectivity index (χ0) is 26.7. The number of carbonyl (C=O) groups excluding carboxylic acids is 1. The number of benzene rings is 6. The smallest absolute Gasteiger partial charge is 0.163 e. The second kappa shape index (κ2) is 8.85. The zero-order valence-electron chi connectivity index (χ0n) is 22.2. The van der Waals surface area contributed by atoms with Crippen molar-refractivity contribution in [1.29, 1.82) is 0 Å². The third-order valence-electron chi connectivity index (χ3n) is 7.96. The van der Waals surface area contributed by atoms with Crippen molar-refractivity contribution < 1.29 is 9.53 Å². The fourth-order valence-corrected chi connectivity index (χ4v) is 6.24. The summed E-state index contributed by atoms with van der Waals surface area (Å²) in [5, 5.41) is 9.21. The Balaban J connectivity index is 1.70. The Labute approximate surface area is 226 Å². The van der Waals surface area contributed by atoms with Crippen LogP contribution in [0.4, 0.5) is 0 Å². The molecule has 0 radical (unpaired) electrons. The molecule has 0 N–H and O–H groups in total. The first-order valence-electron chi connectivity index (χ1n) is 13.2. The molecule has 7 aromatic rings. The Hall–Kier alpha value is -4.89. The van der Waals surface area contributed by atoms with Crippen molar-refractivity contribution in [3.05, 3.63) is 121 Å². The molecule has 0 fully saturated rings. The van der Waals surface area contributed by atoms with E-state index in [1.807, 2.05) is 13.0 Å². The molecule has 0 aliphatic heterocycles. The van der Waals surface area contributed by atoms with E-state index in [0.29, 0.717) is 11.3 Å². The van der Waals surface area contributed by atoms with E-state index in [1.165, 1.54) is 21.8 Å². The number of carbonyl (C=O) groups is 1. The van der Waals surface area contributed by atoms with Gasteiger partial charge in [-0.1, -0.05) is 84.9 Å². The number of para-hydroxylation sites is 2. The summed E-state index contributed by atoms with van der Waals surface area (Å²) in [7, 11) is 1.62. The lowest BCUT2D eigenvalue weighted by atomic mass is 9.89. The van der Waals surface area contributed by atoms with Gasteiger partial charge in [0.25, 0.3) is 0 Å². The highest BCUT2D eigenvalue weighted by Crippen LogP contribution is 2.41. The molecule has 188 valence electrons. The SMILES string of the molecule is CO/C(C)=C(\C(C)=O)c1cc2c3ccccc3c(-n3c4ccccc4c4ccccc43)cc2c2ccccc12. The van der Waals surface area contributed by atoms with Crippen LogP contribution in [0.5, 0.6) is 0 Å². The van der Waals surface area contributed by atoms with Crippen LogP contribution in [0.15, 0.2) is 115 Å². The molecule has 0 unspecified atom stereocenters. The fourth-order valence-electron chi connectivity index (χ4n) is 6.24. The number of aromatic nitrogens is 1. The number of ether oxygens (including phenoxy) is 1. The maximum absolute atomic E-state index is 12.9. The highest BCUT2D eigenvalue weighted by Gasteiger charge is 2.20. The maximum Gasteiger partial charge on any atom is 0.163 e. The summed E-state index contributed by atoms with van der Waals surface area (Å²) in [4.78, 5) is 12.9. The number of hydrogen-bond acceptors (Lipinski definition) is 2. The van der Waals surface area contributed by atoms with Crippen molar-refractivity contribution in [2.24, 2.45) is 0 Å². The molecule has 3 heteroatoms. The van der Waals surface area contributed by atoms with Gasteiger partial charge in [-0.25, -0.2) is 0 Å². The van der Waals surface area contributed by atoms with Gasteiger partial charge in [0.15, 0.2) is 5.78 Å². The third-order valence-corrected chi connectivity index (χ3v) is 7.96. The van der Waals surface area contributed by atoms with Gasteiger partial charge in [0.1, 0.15) is 5.76 Å². The molecule has 0 amide bonds. The van der Waals surface area contributed by atoms with Gasteiger partial charge in [-0.2, -0.15) is 0 Å². The number of hydrogen-bond donors (Lipinski definition) is 0. The van der Waals surface area contributed by atoms with Gasteiger partial charge < -0.3 is 9.30 Å². The monoisotopic (exact) mass is 505 g/mol. The lowest BCUT2D eigenvalue weighted by Crippen LogP contribution is -2.03. The van der Waals surface area contributed by atoms with Gasteiger partial charge in [-0.15, -0.1) is 0 Å². The normalized spacial score (nSPS) is 12.5. The van der Waals surface area contributed by atoms with E-state index in [2.05, 4.69) is 108 Å². The Kier molecular flexibility index (Phi) is 5.27. The second-order valence-corrected chi connectivity index (χ2v) is 10.1. The summed E-state index contributed by atoms with van der Waals surface area (Å²) < 4.78 is 7.98. The molecule has 0 saturated carbocycles. The van der Waals surface area contributed by atoms with Gasteiger partial charge in [0, 0.05) is 16.2 Å². The van der Waals surface area contributed by atoms with Gasteiger partial charge >= 0.3 is 0 Å². The van der Waals surface area contributed by atoms with E-state index in [0.717, 1.165) is 43.6 Å². The first kappa shape index (κ1) is 23.2. The van der Waals surface area contributed by atoms with Crippen molar-refractivity contribution in [3.63, 3.8) is 0 Å². The summed E-state index contributed by atoms with van der Waals surface area (Å²) >= 11 is 0. The minimum absolute atomic E-state index is 0.00920. The first-order chi connectivity index (χ1) is 19.1. The Morgan fingerprint density at radius 2 is 1.03 bits per heavy atom. The standard InChI is InChI=1S/C36H27NO2/c1-22(38)36(23(2)39-3)32-20-30-26-14-6-7-15-27(26)35(21-31(30)24-12-4-5-13-25(24)32)37-33-18-10-8-16-28(33)29-17-9-11-19-34(29)37/h4-21H,1-3H3/b36-23+. The van der Waals surface area contributed by atoms with Gasteiger partial charge in [-0.05, 0) is 70.6 Å². The largest absolute Gasteiger partial charge is 0.501 e. The highest BCUT2D eigenvalue weighted by molar-refractivity contribution is 6.28. The number of allylic oxidation sites excluding steroid dienone is 2. The van der Waals surface area contributed by atoms with Crippen molar-refractivity contribution in [1.82, 2.24) is 4.57 Å². The molecule has 6 aromatic carbocycles. The molecule has 39 heavy (non-hydrogen) atoms. The molecule has 0 bridgehead atoms. The molecule has 7 rings (SSSR count). The van der Waals surface area contributed by atoms with Crippen molar-refractivity contribution in [2.45, 2.75) is 13.8 Å². The molecule has 1 aromatic heterocycles. The lowest BCUT2D eigenvalue weighted by Gasteiger charge is -2.18. The number of methoxy groups -OCH3 is 1. The lowest BCUT2D eigenvalue weighted by molar-refractivity contribution is -0.111. The van der Waals surface area contributed by atoms with Crippen LogP contribution in [0.25, 0.3) is 65.4 Å². The number of rotatable bonds is 4. The minimum atomic E-state index is -0.00920. The zero-order valence-corrected chi connectivity index (χ0v) is 22.2. The van der Waals surface area contributed by atoms with Crippen molar-refractivity contribution in [3.8, 4) is 5.69 Å². The summed E-state index contributed by atoms with van der Waals surface area (Å²) in [5.74, 6) is 0.614. The second-order valence-electron chi connectivity index (χ2n) is 10.1. The van der Waals surface area contributed by atoms with E-state index in [4.69, 9.17) is 4.74 Å². The molecular weight excluding hydrogens is 478 g/mol. The minimum Gasteiger partial charge on any atom is -0.501 e. The van der Waals surface area contributed by atoms with Gasteiger partial charge in [0.2, 0.25) is 0 Å².